The van der Waals surface area contributed by atoms with E-state index in [4.69, 9.17) is 5.73 Å². The van der Waals surface area contributed by atoms with Crippen molar-refractivity contribution in [3.05, 3.63) is 24.3 Å². The molecule has 5 nitrogen and oxygen atoms in total. The summed E-state index contributed by atoms with van der Waals surface area (Å²) in [5.74, 6) is 0.190. The second kappa shape index (κ2) is 7.22. The van der Waals surface area contributed by atoms with Crippen LogP contribution in [0.4, 0.5) is 11.4 Å². The minimum absolute atomic E-state index is 0.00829. The van der Waals surface area contributed by atoms with Crippen LogP contribution in [0.3, 0.4) is 0 Å². The van der Waals surface area contributed by atoms with E-state index in [1.807, 2.05) is 13.8 Å². The van der Waals surface area contributed by atoms with Gasteiger partial charge < -0.3 is 16.4 Å². The van der Waals surface area contributed by atoms with E-state index in [0.29, 0.717) is 18.0 Å². The molecule has 0 aliphatic heterocycles. The second-order valence-electron chi connectivity index (χ2n) is 6.27. The molecule has 0 atom stereocenters. The third-order valence-electron chi connectivity index (χ3n) is 3.15. The van der Waals surface area contributed by atoms with Crippen LogP contribution in [0.1, 0.15) is 34.1 Å². The van der Waals surface area contributed by atoms with Gasteiger partial charge in [0.1, 0.15) is 0 Å². The van der Waals surface area contributed by atoms with Gasteiger partial charge in [-0.2, -0.15) is 0 Å². The highest BCUT2D eigenvalue weighted by molar-refractivity contribution is 5.95. The fourth-order valence-electron chi connectivity index (χ4n) is 1.61. The summed E-state index contributed by atoms with van der Waals surface area (Å²) in [6.45, 7) is 7.86. The highest BCUT2D eigenvalue weighted by atomic mass is 16.2. The molecule has 116 valence electrons. The van der Waals surface area contributed by atoms with E-state index in [1.54, 1.807) is 38.1 Å². The van der Waals surface area contributed by atoms with Crippen molar-refractivity contribution in [2.45, 2.75) is 34.1 Å². The number of hydrogen-bond acceptors (Lipinski definition) is 3. The topological polar surface area (TPSA) is 84.2 Å². The largest absolute Gasteiger partial charge is 0.329 e. The fraction of sp³-hybridized carbons (Fsp3) is 0.500. The molecule has 0 aliphatic carbocycles. The summed E-state index contributed by atoms with van der Waals surface area (Å²) in [6, 6.07) is 7.05. The molecule has 2 amide bonds. The van der Waals surface area contributed by atoms with Crippen molar-refractivity contribution in [3.63, 3.8) is 0 Å². The van der Waals surface area contributed by atoms with Gasteiger partial charge in [-0.25, -0.2) is 0 Å². The van der Waals surface area contributed by atoms with Crippen LogP contribution in [0.15, 0.2) is 24.3 Å². The van der Waals surface area contributed by atoms with Gasteiger partial charge in [0.25, 0.3) is 0 Å². The van der Waals surface area contributed by atoms with Crippen molar-refractivity contribution in [2.75, 3.05) is 17.2 Å². The average Bonchev–Trinajstić information content (AvgIpc) is 2.40. The lowest BCUT2D eigenvalue weighted by Gasteiger charge is -2.21. The summed E-state index contributed by atoms with van der Waals surface area (Å²) in [5, 5.41) is 5.64. The van der Waals surface area contributed by atoms with Crippen LogP contribution in [0.5, 0.6) is 0 Å². The molecule has 4 N–H and O–H groups in total. The standard InChI is InChI=1S/C16H25N3O2/c1-11(2)9-14(20)18-12-5-7-13(8-6-12)19-15(21)16(3,4)10-17/h5-8,11H,9-10,17H2,1-4H3,(H,18,20)(H,19,21). The van der Waals surface area contributed by atoms with E-state index in [1.165, 1.54) is 0 Å². The van der Waals surface area contributed by atoms with Crippen LogP contribution in [0.2, 0.25) is 0 Å². The third-order valence-corrected chi connectivity index (χ3v) is 3.15. The fourth-order valence-corrected chi connectivity index (χ4v) is 1.61. The third kappa shape index (κ3) is 5.55. The first-order valence-corrected chi connectivity index (χ1v) is 7.16. The van der Waals surface area contributed by atoms with E-state index in [-0.39, 0.29) is 18.4 Å². The van der Waals surface area contributed by atoms with Crippen molar-refractivity contribution in [3.8, 4) is 0 Å². The van der Waals surface area contributed by atoms with Gasteiger partial charge >= 0.3 is 0 Å². The van der Waals surface area contributed by atoms with E-state index in [9.17, 15) is 9.59 Å². The Balaban J connectivity index is 2.62. The minimum Gasteiger partial charge on any atom is -0.329 e. The highest BCUT2D eigenvalue weighted by Gasteiger charge is 2.25. The molecule has 21 heavy (non-hydrogen) atoms. The quantitative estimate of drug-likeness (QED) is 0.753. The number of carbonyl (C=O) groups excluding carboxylic acids is 2. The Morgan fingerprint density at radius 3 is 2.00 bits per heavy atom. The molecule has 0 radical (unpaired) electrons. The Morgan fingerprint density at radius 1 is 1.10 bits per heavy atom. The van der Waals surface area contributed by atoms with Crippen LogP contribution >= 0.6 is 0 Å². The zero-order valence-electron chi connectivity index (χ0n) is 13.2. The number of nitrogens with one attached hydrogen (secondary N) is 2. The summed E-state index contributed by atoms with van der Waals surface area (Å²) in [6.07, 6.45) is 0.489. The van der Waals surface area contributed by atoms with Gasteiger partial charge in [0, 0.05) is 24.3 Å². The summed E-state index contributed by atoms with van der Waals surface area (Å²) >= 11 is 0. The molecular weight excluding hydrogens is 266 g/mol. The molecule has 0 unspecified atom stereocenters. The first kappa shape index (κ1) is 17.2. The van der Waals surface area contributed by atoms with Gasteiger partial charge in [-0.1, -0.05) is 13.8 Å². The predicted octanol–water partition coefficient (Wildman–Crippen LogP) is 2.59. The molecule has 1 aromatic rings. The van der Waals surface area contributed by atoms with Crippen molar-refractivity contribution >= 4 is 23.2 Å². The normalized spacial score (nSPS) is 11.3. The van der Waals surface area contributed by atoms with Crippen molar-refractivity contribution in [1.29, 1.82) is 0 Å². The first-order chi connectivity index (χ1) is 9.74. The molecule has 0 bridgehead atoms. The lowest BCUT2D eigenvalue weighted by atomic mass is 9.92. The van der Waals surface area contributed by atoms with E-state index in [0.717, 1.165) is 5.69 Å². The van der Waals surface area contributed by atoms with Gasteiger partial charge in [0.05, 0.1) is 5.41 Å². The number of anilines is 2. The summed E-state index contributed by atoms with van der Waals surface area (Å²) < 4.78 is 0. The summed E-state index contributed by atoms with van der Waals surface area (Å²) in [4.78, 5) is 23.6. The average molecular weight is 291 g/mol. The zero-order chi connectivity index (χ0) is 16.0. The molecule has 0 aromatic heterocycles. The van der Waals surface area contributed by atoms with Gasteiger partial charge in [-0.15, -0.1) is 0 Å². The SMILES string of the molecule is CC(C)CC(=O)Nc1ccc(NC(=O)C(C)(C)CN)cc1. The lowest BCUT2D eigenvalue weighted by Crippen LogP contribution is -2.37. The number of benzene rings is 1. The van der Waals surface area contributed by atoms with Gasteiger partial charge in [0.2, 0.25) is 11.8 Å². The summed E-state index contributed by atoms with van der Waals surface area (Å²) in [7, 11) is 0. The maximum absolute atomic E-state index is 12.0. The Bertz CT molecular complexity index is 493. The maximum atomic E-state index is 12.0. The van der Waals surface area contributed by atoms with Crippen molar-refractivity contribution < 1.29 is 9.59 Å². The second-order valence-corrected chi connectivity index (χ2v) is 6.27. The Morgan fingerprint density at radius 2 is 1.57 bits per heavy atom. The molecule has 1 aromatic carbocycles. The number of rotatable bonds is 6. The van der Waals surface area contributed by atoms with Crippen molar-refractivity contribution in [1.82, 2.24) is 0 Å². The van der Waals surface area contributed by atoms with E-state index in [2.05, 4.69) is 10.6 Å². The number of hydrogen-bond donors (Lipinski definition) is 3. The van der Waals surface area contributed by atoms with Gasteiger partial charge in [-0.3, -0.25) is 9.59 Å². The number of amides is 2. The van der Waals surface area contributed by atoms with Crippen LogP contribution < -0.4 is 16.4 Å². The van der Waals surface area contributed by atoms with Gasteiger partial charge in [-0.05, 0) is 44.0 Å². The van der Waals surface area contributed by atoms with Crippen LogP contribution in [-0.4, -0.2) is 18.4 Å². The Hall–Kier alpha value is -1.88. The Labute approximate surface area is 126 Å². The minimum atomic E-state index is -0.607. The van der Waals surface area contributed by atoms with Gasteiger partial charge in [0.15, 0.2) is 0 Å². The Kier molecular flexibility index (Phi) is 5.90. The molecule has 5 heteroatoms. The molecule has 1 rings (SSSR count). The molecule has 0 fully saturated rings. The van der Waals surface area contributed by atoms with Crippen molar-refractivity contribution in [2.24, 2.45) is 17.1 Å². The van der Waals surface area contributed by atoms with Crippen LogP contribution in [0, 0.1) is 11.3 Å². The monoisotopic (exact) mass is 291 g/mol. The molecule has 0 saturated carbocycles. The smallest absolute Gasteiger partial charge is 0.231 e. The number of nitrogens with two attached hydrogens (primary N) is 1. The molecule has 0 spiro atoms. The zero-order valence-corrected chi connectivity index (χ0v) is 13.2. The van der Waals surface area contributed by atoms with E-state index >= 15 is 0 Å². The van der Waals surface area contributed by atoms with E-state index < -0.39 is 5.41 Å². The molecule has 0 heterocycles. The first-order valence-electron chi connectivity index (χ1n) is 7.16. The summed E-state index contributed by atoms with van der Waals surface area (Å²) in [5.41, 5.74) is 6.37. The molecule has 0 aliphatic rings. The maximum Gasteiger partial charge on any atom is 0.231 e. The molecule has 0 saturated heterocycles. The predicted molar refractivity (Wildman–Crippen MR) is 86.0 cm³/mol. The number of carbonyl (C=O) groups is 2. The van der Waals surface area contributed by atoms with Crippen LogP contribution in [-0.2, 0) is 9.59 Å². The molecular formula is C16H25N3O2. The lowest BCUT2D eigenvalue weighted by molar-refractivity contribution is -0.123. The van der Waals surface area contributed by atoms with Crippen LogP contribution in [0.25, 0.3) is 0 Å². The highest BCUT2D eigenvalue weighted by Crippen LogP contribution is 2.19.